The van der Waals surface area contributed by atoms with E-state index in [0.717, 1.165) is 10.0 Å². The van der Waals surface area contributed by atoms with Gasteiger partial charge in [0.05, 0.1) is 5.69 Å². The second-order valence-electron chi connectivity index (χ2n) is 4.37. The minimum Gasteiger partial charge on any atom is -0.379 e. The van der Waals surface area contributed by atoms with Crippen molar-refractivity contribution in [2.45, 2.75) is 20.4 Å². The van der Waals surface area contributed by atoms with Crippen molar-refractivity contribution in [3.8, 4) is 0 Å². The van der Waals surface area contributed by atoms with Crippen molar-refractivity contribution < 1.29 is 4.39 Å². The van der Waals surface area contributed by atoms with E-state index in [1.54, 1.807) is 19.1 Å². The Morgan fingerprint density at radius 3 is 2.61 bits per heavy atom. The van der Waals surface area contributed by atoms with E-state index >= 15 is 0 Å². The van der Waals surface area contributed by atoms with Crippen molar-refractivity contribution in [1.29, 1.82) is 0 Å². The maximum atomic E-state index is 13.8. The van der Waals surface area contributed by atoms with Crippen LogP contribution in [0.3, 0.4) is 0 Å². The van der Waals surface area contributed by atoms with Gasteiger partial charge in [-0.3, -0.25) is 0 Å². The zero-order valence-electron chi connectivity index (χ0n) is 10.4. The van der Waals surface area contributed by atoms with E-state index in [4.69, 9.17) is 0 Å². The van der Waals surface area contributed by atoms with E-state index in [0.29, 0.717) is 17.8 Å². The molecule has 0 bridgehead atoms. The molecule has 2 aromatic rings. The van der Waals surface area contributed by atoms with Gasteiger partial charge >= 0.3 is 0 Å². The van der Waals surface area contributed by atoms with E-state index in [-0.39, 0.29) is 5.82 Å². The first-order valence-electron chi connectivity index (χ1n) is 5.82. The van der Waals surface area contributed by atoms with Crippen molar-refractivity contribution in [3.63, 3.8) is 0 Å². The third-order valence-corrected chi connectivity index (χ3v) is 3.77. The molecular weight excluding hydrogens is 293 g/mol. The molecule has 94 valence electrons. The molecule has 0 aliphatic rings. The van der Waals surface area contributed by atoms with Crippen LogP contribution in [0.5, 0.6) is 0 Å². The van der Waals surface area contributed by atoms with E-state index < -0.39 is 0 Å². The van der Waals surface area contributed by atoms with Gasteiger partial charge < -0.3 is 5.32 Å². The maximum Gasteiger partial charge on any atom is 0.149 e. The molecule has 0 fully saturated rings. The lowest BCUT2D eigenvalue weighted by atomic mass is 10.1. The summed E-state index contributed by atoms with van der Waals surface area (Å²) in [7, 11) is 0. The highest BCUT2D eigenvalue weighted by Gasteiger charge is 2.04. The van der Waals surface area contributed by atoms with Crippen LogP contribution in [-0.2, 0) is 6.54 Å². The molecule has 0 unspecified atom stereocenters. The topological polar surface area (TPSA) is 12.0 Å². The fraction of sp³-hybridized carbons (Fsp3) is 0.200. The van der Waals surface area contributed by atoms with Gasteiger partial charge in [0, 0.05) is 11.0 Å². The van der Waals surface area contributed by atoms with Gasteiger partial charge in [0.25, 0.3) is 0 Å². The molecule has 1 nitrogen and oxygen atoms in total. The average Bonchev–Trinajstić information content (AvgIpc) is 2.35. The summed E-state index contributed by atoms with van der Waals surface area (Å²) in [5, 5.41) is 3.12. The predicted molar refractivity (Wildman–Crippen MR) is 77.3 cm³/mol. The number of hydrogen-bond donors (Lipinski definition) is 1. The molecule has 0 radical (unpaired) electrons. The van der Waals surface area contributed by atoms with Crippen LogP contribution < -0.4 is 5.32 Å². The molecule has 0 heterocycles. The first-order valence-corrected chi connectivity index (χ1v) is 6.61. The van der Waals surface area contributed by atoms with Crippen LogP contribution in [0.25, 0.3) is 0 Å². The van der Waals surface area contributed by atoms with Gasteiger partial charge in [-0.2, -0.15) is 0 Å². The normalized spacial score (nSPS) is 10.4. The fourth-order valence-corrected chi connectivity index (χ4v) is 2.15. The van der Waals surface area contributed by atoms with Gasteiger partial charge in [-0.1, -0.05) is 40.2 Å². The van der Waals surface area contributed by atoms with Crippen LogP contribution in [0, 0.1) is 19.7 Å². The van der Waals surface area contributed by atoms with Crippen LogP contribution in [0.15, 0.2) is 40.9 Å². The Hall–Kier alpha value is -1.35. The minimum atomic E-state index is -0.177. The molecule has 0 atom stereocenters. The zero-order valence-corrected chi connectivity index (χ0v) is 12.0. The van der Waals surface area contributed by atoms with Gasteiger partial charge in [-0.05, 0) is 42.7 Å². The lowest BCUT2D eigenvalue weighted by Gasteiger charge is -2.10. The van der Waals surface area contributed by atoms with Crippen molar-refractivity contribution in [3.05, 3.63) is 63.4 Å². The molecule has 3 heteroatoms. The minimum absolute atomic E-state index is 0.177. The lowest BCUT2D eigenvalue weighted by Crippen LogP contribution is -2.02. The van der Waals surface area contributed by atoms with Gasteiger partial charge in [0.1, 0.15) is 5.82 Å². The lowest BCUT2D eigenvalue weighted by molar-refractivity contribution is 0.621. The molecule has 0 aliphatic carbocycles. The highest BCUT2D eigenvalue weighted by Crippen LogP contribution is 2.20. The number of halogens is 2. The smallest absolute Gasteiger partial charge is 0.149 e. The largest absolute Gasteiger partial charge is 0.379 e. The molecular formula is C15H15BrFN. The summed E-state index contributed by atoms with van der Waals surface area (Å²) in [4.78, 5) is 0. The summed E-state index contributed by atoms with van der Waals surface area (Å²) in [6.45, 7) is 4.42. The van der Waals surface area contributed by atoms with Gasteiger partial charge in [0.15, 0.2) is 0 Å². The van der Waals surface area contributed by atoms with Crippen LogP contribution >= 0.6 is 15.9 Å². The summed E-state index contributed by atoms with van der Waals surface area (Å²) in [5.41, 5.74) is 3.52. The second-order valence-corrected chi connectivity index (χ2v) is 5.23. The molecule has 18 heavy (non-hydrogen) atoms. The molecule has 1 N–H and O–H groups in total. The molecule has 0 aliphatic heterocycles. The molecule has 0 saturated carbocycles. The maximum absolute atomic E-state index is 13.8. The number of benzene rings is 2. The van der Waals surface area contributed by atoms with E-state index in [2.05, 4.69) is 27.3 Å². The number of rotatable bonds is 3. The summed E-state index contributed by atoms with van der Waals surface area (Å²) < 4.78 is 14.9. The van der Waals surface area contributed by atoms with Gasteiger partial charge in [-0.15, -0.1) is 0 Å². The standard InChI is InChI=1S/C15H15BrFN/c1-10-6-7-12(8-13(10)16)9-18-14-5-3-4-11(2)15(14)17/h3-8,18H,9H2,1-2H3. The second kappa shape index (κ2) is 5.53. The number of anilines is 1. The van der Waals surface area contributed by atoms with Crippen molar-refractivity contribution in [2.75, 3.05) is 5.32 Å². The van der Waals surface area contributed by atoms with E-state index in [9.17, 15) is 4.39 Å². The average molecular weight is 308 g/mol. The summed E-state index contributed by atoms with van der Waals surface area (Å²) in [6, 6.07) is 11.5. The van der Waals surface area contributed by atoms with Crippen LogP contribution in [0.4, 0.5) is 10.1 Å². The van der Waals surface area contributed by atoms with Crippen LogP contribution in [0.1, 0.15) is 16.7 Å². The van der Waals surface area contributed by atoms with Crippen LogP contribution in [-0.4, -0.2) is 0 Å². The molecule has 0 aromatic heterocycles. The van der Waals surface area contributed by atoms with Crippen molar-refractivity contribution in [2.24, 2.45) is 0 Å². The SMILES string of the molecule is Cc1ccc(CNc2cccc(C)c2F)cc1Br. The van der Waals surface area contributed by atoms with Crippen molar-refractivity contribution in [1.82, 2.24) is 0 Å². The molecule has 2 rings (SSSR count). The molecule has 0 saturated heterocycles. The first-order chi connectivity index (χ1) is 8.58. The van der Waals surface area contributed by atoms with Crippen LogP contribution in [0.2, 0.25) is 0 Å². The van der Waals surface area contributed by atoms with Gasteiger partial charge in [0.2, 0.25) is 0 Å². The molecule has 2 aromatic carbocycles. The summed E-state index contributed by atoms with van der Waals surface area (Å²) >= 11 is 3.50. The van der Waals surface area contributed by atoms with E-state index in [1.807, 2.05) is 25.1 Å². The zero-order chi connectivity index (χ0) is 13.1. The number of aryl methyl sites for hydroxylation is 2. The monoisotopic (exact) mass is 307 g/mol. The fourth-order valence-electron chi connectivity index (χ4n) is 1.73. The highest BCUT2D eigenvalue weighted by atomic mass is 79.9. The van der Waals surface area contributed by atoms with Crippen molar-refractivity contribution >= 4 is 21.6 Å². The van der Waals surface area contributed by atoms with E-state index in [1.165, 1.54) is 5.56 Å². The Kier molecular flexibility index (Phi) is 4.02. The quantitative estimate of drug-likeness (QED) is 0.857. The summed E-state index contributed by atoms with van der Waals surface area (Å²) in [6.07, 6.45) is 0. The Labute approximate surface area is 115 Å². The molecule has 0 spiro atoms. The Morgan fingerprint density at radius 2 is 1.89 bits per heavy atom. The third-order valence-electron chi connectivity index (χ3n) is 2.91. The predicted octanol–water partition coefficient (Wildman–Crippen LogP) is 4.82. The Bertz CT molecular complexity index is 566. The summed E-state index contributed by atoms with van der Waals surface area (Å²) in [5.74, 6) is -0.177. The first kappa shape index (κ1) is 13.1. The van der Waals surface area contributed by atoms with Gasteiger partial charge in [-0.25, -0.2) is 4.39 Å². The number of nitrogens with one attached hydrogen (secondary N) is 1. The Balaban J connectivity index is 2.11. The Morgan fingerprint density at radius 1 is 1.11 bits per heavy atom. The third kappa shape index (κ3) is 2.91. The number of hydrogen-bond acceptors (Lipinski definition) is 1. The highest BCUT2D eigenvalue weighted by molar-refractivity contribution is 9.10. The molecule has 0 amide bonds.